The normalized spacial score (nSPS) is 30.9. The van der Waals surface area contributed by atoms with Gasteiger partial charge >= 0.3 is 0 Å². The van der Waals surface area contributed by atoms with Crippen LogP contribution in [0.3, 0.4) is 0 Å². The van der Waals surface area contributed by atoms with Crippen molar-refractivity contribution in [3.63, 3.8) is 0 Å². The van der Waals surface area contributed by atoms with Gasteiger partial charge in [0.05, 0.1) is 0 Å². The van der Waals surface area contributed by atoms with Crippen LogP contribution in [0.2, 0.25) is 0 Å². The van der Waals surface area contributed by atoms with Crippen LogP contribution >= 0.6 is 11.8 Å². The molecule has 102 valence electrons. The fourth-order valence-electron chi connectivity index (χ4n) is 2.77. The fraction of sp³-hybridized carbons (Fsp3) is 1.00. The van der Waals surface area contributed by atoms with E-state index in [9.17, 15) is 0 Å². The zero-order valence-corrected chi connectivity index (χ0v) is 13.1. The van der Waals surface area contributed by atoms with Crippen LogP contribution in [0.1, 0.15) is 53.9 Å². The molecule has 1 saturated carbocycles. The third-order valence-corrected chi connectivity index (χ3v) is 5.96. The standard InChI is InChI=1S/C15H31NS/c1-11(2)10-17-14-8-13(15(3,4)5)7-6-12(14)9-16/h11-14H,6-10,16H2,1-5H3. The van der Waals surface area contributed by atoms with Gasteiger partial charge < -0.3 is 5.73 Å². The van der Waals surface area contributed by atoms with E-state index in [0.29, 0.717) is 5.41 Å². The van der Waals surface area contributed by atoms with Crippen molar-refractivity contribution in [1.82, 2.24) is 0 Å². The molecule has 0 radical (unpaired) electrons. The van der Waals surface area contributed by atoms with Crippen molar-refractivity contribution in [1.29, 1.82) is 0 Å². The largest absolute Gasteiger partial charge is 0.330 e. The average molecular weight is 257 g/mol. The molecule has 2 N–H and O–H groups in total. The van der Waals surface area contributed by atoms with Crippen molar-refractivity contribution in [2.75, 3.05) is 12.3 Å². The van der Waals surface area contributed by atoms with E-state index >= 15 is 0 Å². The van der Waals surface area contributed by atoms with Gasteiger partial charge in [-0.15, -0.1) is 0 Å². The zero-order valence-electron chi connectivity index (χ0n) is 12.3. The Kier molecular flexibility index (Phi) is 5.85. The van der Waals surface area contributed by atoms with E-state index < -0.39 is 0 Å². The zero-order chi connectivity index (χ0) is 13.1. The summed E-state index contributed by atoms with van der Waals surface area (Å²) in [4.78, 5) is 0. The van der Waals surface area contributed by atoms with Crippen molar-refractivity contribution in [3.05, 3.63) is 0 Å². The van der Waals surface area contributed by atoms with Gasteiger partial charge in [0.25, 0.3) is 0 Å². The topological polar surface area (TPSA) is 26.0 Å². The molecule has 0 amide bonds. The molecular weight excluding hydrogens is 226 g/mol. The summed E-state index contributed by atoms with van der Waals surface area (Å²) in [6.45, 7) is 12.7. The molecule has 0 aliphatic heterocycles. The van der Waals surface area contributed by atoms with Crippen molar-refractivity contribution in [2.45, 2.75) is 59.1 Å². The first kappa shape index (κ1) is 15.4. The summed E-state index contributed by atoms with van der Waals surface area (Å²) in [5.74, 6) is 3.73. The maximum atomic E-state index is 5.94. The monoisotopic (exact) mass is 257 g/mol. The molecule has 1 aliphatic rings. The van der Waals surface area contributed by atoms with E-state index in [1.54, 1.807) is 0 Å². The van der Waals surface area contributed by atoms with Crippen LogP contribution in [0.5, 0.6) is 0 Å². The minimum Gasteiger partial charge on any atom is -0.330 e. The molecule has 1 fully saturated rings. The Labute approximate surface area is 112 Å². The molecule has 3 atom stereocenters. The molecule has 0 heterocycles. The minimum atomic E-state index is 0.468. The first-order chi connectivity index (χ1) is 7.84. The van der Waals surface area contributed by atoms with Gasteiger partial charge in [-0.2, -0.15) is 11.8 Å². The number of rotatable bonds is 4. The first-order valence-corrected chi connectivity index (χ1v) is 8.21. The molecule has 1 rings (SSSR count). The summed E-state index contributed by atoms with van der Waals surface area (Å²) in [5, 5.41) is 0.806. The Morgan fingerprint density at radius 3 is 2.35 bits per heavy atom. The molecule has 0 aromatic heterocycles. The highest BCUT2D eigenvalue weighted by Crippen LogP contribution is 2.43. The lowest BCUT2D eigenvalue weighted by Crippen LogP contribution is -2.37. The van der Waals surface area contributed by atoms with Crippen LogP contribution < -0.4 is 5.73 Å². The number of thioether (sulfide) groups is 1. The van der Waals surface area contributed by atoms with E-state index in [1.807, 2.05) is 0 Å². The van der Waals surface area contributed by atoms with E-state index in [-0.39, 0.29) is 0 Å². The summed E-state index contributed by atoms with van der Waals surface area (Å²) in [6, 6.07) is 0. The van der Waals surface area contributed by atoms with Gasteiger partial charge in [0.2, 0.25) is 0 Å². The minimum absolute atomic E-state index is 0.468. The van der Waals surface area contributed by atoms with Crippen LogP contribution in [0.15, 0.2) is 0 Å². The molecule has 1 nitrogen and oxygen atoms in total. The second kappa shape index (κ2) is 6.47. The summed E-state index contributed by atoms with van der Waals surface area (Å²) in [7, 11) is 0. The van der Waals surface area contributed by atoms with Gasteiger partial charge in [-0.05, 0) is 54.7 Å². The second-order valence-corrected chi connectivity index (χ2v) is 8.41. The predicted octanol–water partition coefficient (Wildman–Crippen LogP) is 4.17. The Hall–Kier alpha value is 0.310. The van der Waals surface area contributed by atoms with Gasteiger partial charge in [-0.1, -0.05) is 34.6 Å². The van der Waals surface area contributed by atoms with E-state index in [2.05, 4.69) is 46.4 Å². The van der Waals surface area contributed by atoms with E-state index in [1.165, 1.54) is 25.0 Å². The van der Waals surface area contributed by atoms with Crippen LogP contribution in [0.25, 0.3) is 0 Å². The highest BCUT2D eigenvalue weighted by Gasteiger charge is 2.35. The maximum Gasteiger partial charge on any atom is 0.00902 e. The number of hydrogen-bond acceptors (Lipinski definition) is 2. The summed E-state index contributed by atoms with van der Waals surface area (Å²) in [6.07, 6.45) is 4.10. The van der Waals surface area contributed by atoms with Gasteiger partial charge in [-0.25, -0.2) is 0 Å². The lowest BCUT2D eigenvalue weighted by Gasteiger charge is -2.41. The quantitative estimate of drug-likeness (QED) is 0.818. The fourth-order valence-corrected chi connectivity index (χ4v) is 4.29. The molecule has 0 bridgehead atoms. The molecule has 1 aliphatic carbocycles. The summed E-state index contributed by atoms with van der Waals surface area (Å²) >= 11 is 2.18. The number of nitrogens with two attached hydrogens (primary N) is 1. The van der Waals surface area contributed by atoms with Crippen molar-refractivity contribution < 1.29 is 0 Å². The van der Waals surface area contributed by atoms with Gasteiger partial charge in [-0.3, -0.25) is 0 Å². The molecule has 0 spiro atoms. The van der Waals surface area contributed by atoms with Crippen LogP contribution in [0, 0.1) is 23.2 Å². The Morgan fingerprint density at radius 2 is 1.88 bits per heavy atom. The maximum absolute atomic E-state index is 5.94. The smallest absolute Gasteiger partial charge is 0.00902 e. The average Bonchev–Trinajstić information content (AvgIpc) is 2.24. The Balaban J connectivity index is 2.55. The van der Waals surface area contributed by atoms with Gasteiger partial charge in [0.1, 0.15) is 0 Å². The molecule has 0 saturated heterocycles. The first-order valence-electron chi connectivity index (χ1n) is 7.16. The third kappa shape index (κ3) is 4.82. The molecule has 3 unspecified atom stereocenters. The molecule has 0 aromatic carbocycles. The van der Waals surface area contributed by atoms with Crippen LogP contribution in [-0.2, 0) is 0 Å². The second-order valence-electron chi connectivity index (χ2n) is 7.14. The summed E-state index contributed by atoms with van der Waals surface area (Å²) < 4.78 is 0. The Morgan fingerprint density at radius 1 is 1.24 bits per heavy atom. The molecular formula is C15H31NS. The van der Waals surface area contributed by atoms with Crippen molar-refractivity contribution in [2.24, 2.45) is 28.9 Å². The molecule has 2 heteroatoms. The third-order valence-electron chi connectivity index (χ3n) is 4.10. The highest BCUT2D eigenvalue weighted by molar-refractivity contribution is 7.99. The predicted molar refractivity (Wildman–Crippen MR) is 80.4 cm³/mol. The summed E-state index contributed by atoms with van der Waals surface area (Å²) in [5.41, 5.74) is 6.41. The van der Waals surface area contributed by atoms with Crippen molar-refractivity contribution >= 4 is 11.8 Å². The molecule has 17 heavy (non-hydrogen) atoms. The van der Waals surface area contributed by atoms with Crippen molar-refractivity contribution in [3.8, 4) is 0 Å². The van der Waals surface area contributed by atoms with Gasteiger partial charge in [0, 0.05) is 5.25 Å². The SMILES string of the molecule is CC(C)CSC1CC(C(C)(C)C)CCC1CN. The lowest BCUT2D eigenvalue weighted by atomic mass is 9.69. The van der Waals surface area contributed by atoms with Crippen LogP contribution in [-0.4, -0.2) is 17.5 Å². The van der Waals surface area contributed by atoms with Gasteiger partial charge in [0.15, 0.2) is 0 Å². The van der Waals surface area contributed by atoms with E-state index in [4.69, 9.17) is 5.73 Å². The van der Waals surface area contributed by atoms with Crippen LogP contribution in [0.4, 0.5) is 0 Å². The molecule has 0 aromatic rings. The lowest BCUT2D eigenvalue weighted by molar-refractivity contribution is 0.157. The highest BCUT2D eigenvalue weighted by atomic mass is 32.2. The number of hydrogen-bond donors (Lipinski definition) is 1. The Bertz CT molecular complexity index is 219. The van der Waals surface area contributed by atoms with E-state index in [0.717, 1.165) is 29.5 Å².